The van der Waals surface area contributed by atoms with Crippen molar-refractivity contribution in [3.05, 3.63) is 66.0 Å². The van der Waals surface area contributed by atoms with Gasteiger partial charge < -0.3 is 10.4 Å². The largest absolute Gasteiger partial charge is 0.451 e. The first-order valence-electron chi connectivity index (χ1n) is 7.26. The topological polar surface area (TPSA) is 58.0 Å². The zero-order chi connectivity index (χ0) is 17.2. The van der Waals surface area contributed by atoms with E-state index in [1.165, 1.54) is 6.07 Å². The van der Waals surface area contributed by atoms with Crippen LogP contribution in [0.2, 0.25) is 0 Å². The van der Waals surface area contributed by atoms with Crippen LogP contribution in [0, 0.1) is 0 Å². The predicted molar refractivity (Wildman–Crippen MR) is 84.4 cm³/mol. The van der Waals surface area contributed by atoms with Crippen LogP contribution in [0.1, 0.15) is 17.5 Å². The molecule has 1 atom stereocenters. The Labute approximate surface area is 136 Å². The summed E-state index contributed by atoms with van der Waals surface area (Å²) < 4.78 is 38.9. The molecule has 2 N–H and O–H groups in total. The Morgan fingerprint density at radius 3 is 2.33 bits per heavy atom. The fourth-order valence-corrected chi connectivity index (χ4v) is 2.32. The van der Waals surface area contributed by atoms with Crippen molar-refractivity contribution in [2.45, 2.75) is 12.3 Å². The normalized spacial score (nSPS) is 13.0. The average molecular weight is 333 g/mol. The summed E-state index contributed by atoms with van der Waals surface area (Å²) in [6.07, 6.45) is -5.51. The Morgan fingerprint density at radius 1 is 0.958 bits per heavy atom. The number of aromatic nitrogens is 2. The maximum absolute atomic E-state index is 13.0. The molecular formula is C17H14F3N3O. The smallest absolute Gasteiger partial charge is 0.387 e. The minimum absolute atomic E-state index is 0.0301. The third-order valence-electron chi connectivity index (χ3n) is 3.50. The SMILES string of the molecule is O[C@@H](CNc1nc(C(F)(F)F)nc2ccccc12)c1ccccc1. The second kappa shape index (κ2) is 6.45. The van der Waals surface area contributed by atoms with Gasteiger partial charge in [0, 0.05) is 11.9 Å². The number of hydrogen-bond donors (Lipinski definition) is 2. The molecule has 2 aromatic carbocycles. The van der Waals surface area contributed by atoms with Crippen molar-refractivity contribution in [3.63, 3.8) is 0 Å². The molecule has 3 aromatic rings. The third kappa shape index (κ3) is 3.46. The average Bonchev–Trinajstić information content (AvgIpc) is 2.59. The molecule has 0 bridgehead atoms. The molecule has 0 saturated carbocycles. The van der Waals surface area contributed by atoms with Crippen molar-refractivity contribution in [2.24, 2.45) is 0 Å². The van der Waals surface area contributed by atoms with Gasteiger partial charge in [-0.05, 0) is 17.7 Å². The van der Waals surface area contributed by atoms with E-state index in [1.54, 1.807) is 42.5 Å². The number of hydrogen-bond acceptors (Lipinski definition) is 4. The van der Waals surface area contributed by atoms with Crippen molar-refractivity contribution < 1.29 is 18.3 Å². The number of halogens is 3. The molecular weight excluding hydrogens is 319 g/mol. The van der Waals surface area contributed by atoms with E-state index < -0.39 is 18.1 Å². The number of benzene rings is 2. The van der Waals surface area contributed by atoms with Crippen molar-refractivity contribution in [1.82, 2.24) is 9.97 Å². The molecule has 0 aliphatic rings. The molecule has 0 aliphatic carbocycles. The first kappa shape index (κ1) is 16.2. The highest BCUT2D eigenvalue weighted by molar-refractivity contribution is 5.89. The Hall–Kier alpha value is -2.67. The van der Waals surface area contributed by atoms with Crippen molar-refractivity contribution in [3.8, 4) is 0 Å². The molecule has 0 unspecified atom stereocenters. The number of para-hydroxylation sites is 1. The molecule has 3 rings (SSSR count). The Bertz CT molecular complexity index is 837. The second-order valence-electron chi connectivity index (χ2n) is 5.22. The van der Waals surface area contributed by atoms with Gasteiger partial charge in [0.15, 0.2) is 0 Å². The Balaban J connectivity index is 1.90. The van der Waals surface area contributed by atoms with Crippen molar-refractivity contribution >= 4 is 16.7 Å². The number of alkyl halides is 3. The Morgan fingerprint density at radius 2 is 1.62 bits per heavy atom. The summed E-state index contributed by atoms with van der Waals surface area (Å²) in [7, 11) is 0. The number of nitrogens with one attached hydrogen (secondary N) is 1. The van der Waals surface area contributed by atoms with Crippen LogP contribution in [-0.4, -0.2) is 21.6 Å². The molecule has 124 valence electrons. The summed E-state index contributed by atoms with van der Waals surface area (Å²) >= 11 is 0. The van der Waals surface area contributed by atoms with Crippen molar-refractivity contribution in [2.75, 3.05) is 11.9 Å². The molecule has 4 nitrogen and oxygen atoms in total. The van der Waals surface area contributed by atoms with Gasteiger partial charge in [-0.1, -0.05) is 42.5 Å². The molecule has 0 fully saturated rings. The number of anilines is 1. The van der Waals surface area contributed by atoms with Crippen LogP contribution in [0.4, 0.5) is 19.0 Å². The molecule has 0 radical (unpaired) electrons. The summed E-state index contributed by atoms with van der Waals surface area (Å²) in [4.78, 5) is 7.13. The molecule has 0 spiro atoms. The van der Waals surface area contributed by atoms with E-state index >= 15 is 0 Å². The maximum Gasteiger partial charge on any atom is 0.451 e. The number of aliphatic hydroxyl groups is 1. The van der Waals surface area contributed by atoms with E-state index in [9.17, 15) is 18.3 Å². The monoisotopic (exact) mass is 333 g/mol. The summed E-state index contributed by atoms with van der Waals surface area (Å²) in [5, 5.41) is 13.4. The van der Waals surface area contributed by atoms with Gasteiger partial charge in [-0.3, -0.25) is 0 Å². The fraction of sp³-hybridized carbons (Fsp3) is 0.176. The highest BCUT2D eigenvalue weighted by Gasteiger charge is 2.35. The van der Waals surface area contributed by atoms with E-state index in [1.807, 2.05) is 6.07 Å². The van der Waals surface area contributed by atoms with Gasteiger partial charge in [0.05, 0.1) is 11.6 Å². The molecule has 7 heteroatoms. The molecule has 0 amide bonds. The molecule has 24 heavy (non-hydrogen) atoms. The van der Waals surface area contributed by atoms with Gasteiger partial charge in [0.25, 0.3) is 0 Å². The lowest BCUT2D eigenvalue weighted by molar-refractivity contribution is -0.144. The number of fused-ring (bicyclic) bond motifs is 1. The minimum atomic E-state index is -4.64. The van der Waals surface area contributed by atoms with Crippen molar-refractivity contribution in [1.29, 1.82) is 0 Å². The van der Waals surface area contributed by atoms with E-state index in [2.05, 4.69) is 15.3 Å². The summed E-state index contributed by atoms with van der Waals surface area (Å²) in [6.45, 7) is 0.0301. The lowest BCUT2D eigenvalue weighted by atomic mass is 10.1. The van der Waals surface area contributed by atoms with Gasteiger partial charge in [-0.15, -0.1) is 0 Å². The van der Waals surface area contributed by atoms with Gasteiger partial charge >= 0.3 is 6.18 Å². The van der Waals surface area contributed by atoms with E-state index in [4.69, 9.17) is 0 Å². The summed E-state index contributed by atoms with van der Waals surface area (Å²) in [5.41, 5.74) is 0.857. The zero-order valence-electron chi connectivity index (χ0n) is 12.5. The number of rotatable bonds is 4. The van der Waals surface area contributed by atoms with Gasteiger partial charge in [-0.2, -0.15) is 13.2 Å². The van der Waals surface area contributed by atoms with Crippen LogP contribution in [0.5, 0.6) is 0 Å². The first-order chi connectivity index (χ1) is 11.4. The highest BCUT2D eigenvalue weighted by Crippen LogP contribution is 2.30. The minimum Gasteiger partial charge on any atom is -0.387 e. The van der Waals surface area contributed by atoms with E-state index in [0.29, 0.717) is 10.9 Å². The van der Waals surface area contributed by atoms with Gasteiger partial charge in [0.2, 0.25) is 5.82 Å². The van der Waals surface area contributed by atoms with Gasteiger partial charge in [-0.25, -0.2) is 9.97 Å². The summed E-state index contributed by atoms with van der Waals surface area (Å²) in [6, 6.07) is 15.3. The number of aliphatic hydroxyl groups excluding tert-OH is 1. The Kier molecular flexibility index (Phi) is 4.35. The third-order valence-corrected chi connectivity index (χ3v) is 3.50. The predicted octanol–water partition coefficient (Wildman–Crippen LogP) is 3.79. The van der Waals surface area contributed by atoms with Crippen LogP contribution in [-0.2, 0) is 6.18 Å². The van der Waals surface area contributed by atoms with Gasteiger partial charge in [0.1, 0.15) is 5.82 Å². The zero-order valence-corrected chi connectivity index (χ0v) is 12.5. The van der Waals surface area contributed by atoms with E-state index in [-0.39, 0.29) is 17.9 Å². The van der Waals surface area contributed by atoms with Crippen LogP contribution in [0.3, 0.4) is 0 Å². The van der Waals surface area contributed by atoms with Crippen LogP contribution < -0.4 is 5.32 Å². The molecule has 0 saturated heterocycles. The van der Waals surface area contributed by atoms with Crippen LogP contribution >= 0.6 is 0 Å². The molecule has 1 aromatic heterocycles. The quantitative estimate of drug-likeness (QED) is 0.763. The highest BCUT2D eigenvalue weighted by atomic mass is 19.4. The molecule has 0 aliphatic heterocycles. The second-order valence-corrected chi connectivity index (χ2v) is 5.22. The summed E-state index contributed by atoms with van der Waals surface area (Å²) in [5.74, 6) is -1.17. The lowest BCUT2D eigenvalue weighted by Gasteiger charge is -2.15. The fourth-order valence-electron chi connectivity index (χ4n) is 2.32. The van der Waals surface area contributed by atoms with Crippen LogP contribution in [0.15, 0.2) is 54.6 Å². The standard InChI is InChI=1S/C17H14F3N3O/c18-17(19,20)16-22-13-9-5-4-8-12(13)15(23-16)21-10-14(24)11-6-2-1-3-7-11/h1-9,14,24H,10H2,(H,21,22,23)/t14-/m0/s1. The maximum atomic E-state index is 13.0. The molecule has 1 heterocycles. The first-order valence-corrected chi connectivity index (χ1v) is 7.26. The number of nitrogens with zero attached hydrogens (tertiary/aromatic N) is 2. The lowest BCUT2D eigenvalue weighted by Crippen LogP contribution is -2.17. The van der Waals surface area contributed by atoms with Crippen LogP contribution in [0.25, 0.3) is 10.9 Å². The van der Waals surface area contributed by atoms with E-state index in [0.717, 1.165) is 0 Å².